The second kappa shape index (κ2) is 9.66. The molecule has 2 N–H and O–H groups in total. The molecule has 0 spiro atoms. The van der Waals surface area contributed by atoms with Crippen molar-refractivity contribution in [3.05, 3.63) is 76.3 Å². The molecule has 0 amide bonds. The number of rotatable bonds is 8. The van der Waals surface area contributed by atoms with Crippen LogP contribution < -0.4 is 16.1 Å². The first-order valence-corrected chi connectivity index (χ1v) is 11.7. The van der Waals surface area contributed by atoms with Gasteiger partial charge in [0.25, 0.3) is 0 Å². The van der Waals surface area contributed by atoms with Crippen molar-refractivity contribution in [2.45, 2.75) is 0 Å². The van der Waals surface area contributed by atoms with Crippen LogP contribution in [0.25, 0.3) is 31.2 Å². The fourth-order valence-corrected chi connectivity index (χ4v) is 4.85. The van der Waals surface area contributed by atoms with Crippen LogP contribution in [0.3, 0.4) is 0 Å². The number of anilines is 2. The van der Waals surface area contributed by atoms with Crippen LogP contribution in [0.1, 0.15) is 0 Å². The number of pyridine rings is 1. The number of hydrogen-bond acceptors (Lipinski definition) is 8. The molecular weight excluding hydrogens is 458 g/mol. The van der Waals surface area contributed by atoms with Crippen molar-refractivity contribution in [2.75, 3.05) is 36.9 Å². The summed E-state index contributed by atoms with van der Waals surface area (Å²) < 4.78 is 6.68. The minimum atomic E-state index is -0.00145. The van der Waals surface area contributed by atoms with Crippen molar-refractivity contribution < 1.29 is 4.74 Å². The van der Waals surface area contributed by atoms with E-state index in [-0.39, 0.29) is 5.43 Å². The summed E-state index contributed by atoms with van der Waals surface area (Å²) in [4.78, 5) is 26.7. The molecule has 0 radical (unpaired) electrons. The standard InChI is InChI=1S/C24H20ClN5O2S/c25-15-5-6-16-19(13-15)29-14-30-23(16)27-10-12-32-11-9-26-18-7-8-28-24-21(18)22(31)17-3-1-2-4-20(17)33-24/h1-8,13-14H,9-12H2,(H,26,28)(H,27,29,30). The van der Waals surface area contributed by atoms with Gasteiger partial charge in [-0.3, -0.25) is 4.79 Å². The molecule has 3 heterocycles. The van der Waals surface area contributed by atoms with Crippen molar-refractivity contribution in [2.24, 2.45) is 0 Å². The van der Waals surface area contributed by atoms with Gasteiger partial charge in [-0.05, 0) is 36.4 Å². The number of nitrogens with zero attached hydrogens (tertiary/aromatic N) is 3. The molecule has 0 aliphatic carbocycles. The molecule has 33 heavy (non-hydrogen) atoms. The maximum Gasteiger partial charge on any atom is 0.199 e. The van der Waals surface area contributed by atoms with Gasteiger partial charge in [-0.25, -0.2) is 15.0 Å². The Kier molecular flexibility index (Phi) is 6.30. The molecule has 0 fully saturated rings. The molecule has 0 aliphatic rings. The zero-order valence-corrected chi connectivity index (χ0v) is 19.1. The fourth-order valence-electron chi connectivity index (χ4n) is 3.64. The van der Waals surface area contributed by atoms with Gasteiger partial charge < -0.3 is 15.4 Å². The summed E-state index contributed by atoms with van der Waals surface area (Å²) in [7, 11) is 0. The Morgan fingerprint density at radius 3 is 2.70 bits per heavy atom. The van der Waals surface area contributed by atoms with Crippen molar-refractivity contribution in [3.63, 3.8) is 0 Å². The van der Waals surface area contributed by atoms with E-state index in [1.165, 1.54) is 17.7 Å². The zero-order chi connectivity index (χ0) is 22.6. The molecule has 5 rings (SSSR count). The van der Waals surface area contributed by atoms with Crippen LogP contribution in [0.4, 0.5) is 11.5 Å². The van der Waals surface area contributed by atoms with Crippen LogP contribution in [0.5, 0.6) is 0 Å². The van der Waals surface area contributed by atoms with Crippen LogP contribution in [0, 0.1) is 0 Å². The highest BCUT2D eigenvalue weighted by atomic mass is 35.5. The molecule has 0 unspecified atom stereocenters. The van der Waals surface area contributed by atoms with Gasteiger partial charge in [0.1, 0.15) is 17.0 Å². The number of hydrogen-bond donors (Lipinski definition) is 2. The summed E-state index contributed by atoms with van der Waals surface area (Å²) in [5.74, 6) is 0.748. The number of aromatic nitrogens is 3. The van der Waals surface area contributed by atoms with E-state index in [9.17, 15) is 4.79 Å². The average Bonchev–Trinajstić information content (AvgIpc) is 2.83. The smallest absolute Gasteiger partial charge is 0.199 e. The highest BCUT2D eigenvalue weighted by Gasteiger charge is 2.10. The lowest BCUT2D eigenvalue weighted by Gasteiger charge is -2.11. The number of ether oxygens (including phenoxy) is 1. The number of fused-ring (bicyclic) bond motifs is 3. The molecule has 0 saturated carbocycles. The van der Waals surface area contributed by atoms with Gasteiger partial charge in [0.15, 0.2) is 5.43 Å². The van der Waals surface area contributed by atoms with Crippen LogP contribution >= 0.6 is 22.9 Å². The summed E-state index contributed by atoms with van der Waals surface area (Å²) in [6.07, 6.45) is 3.23. The molecule has 2 aromatic carbocycles. The minimum absolute atomic E-state index is 0.00145. The van der Waals surface area contributed by atoms with E-state index in [0.29, 0.717) is 42.1 Å². The topological polar surface area (TPSA) is 89.0 Å². The summed E-state index contributed by atoms with van der Waals surface area (Å²) >= 11 is 7.55. The Bertz CT molecular complexity index is 1510. The van der Waals surface area contributed by atoms with Crippen molar-refractivity contribution in [3.8, 4) is 0 Å². The van der Waals surface area contributed by atoms with Gasteiger partial charge in [0, 0.05) is 39.8 Å². The molecule has 5 aromatic rings. The normalized spacial score (nSPS) is 11.3. The first-order chi connectivity index (χ1) is 16.2. The molecule has 3 aromatic heterocycles. The van der Waals surface area contributed by atoms with Gasteiger partial charge in [-0.2, -0.15) is 0 Å². The number of nitrogens with one attached hydrogen (secondary N) is 2. The third-order valence-corrected chi connectivity index (χ3v) is 6.49. The van der Waals surface area contributed by atoms with Gasteiger partial charge in [-0.15, -0.1) is 11.3 Å². The van der Waals surface area contributed by atoms with Crippen LogP contribution in [0.2, 0.25) is 5.02 Å². The van der Waals surface area contributed by atoms with Crippen LogP contribution in [-0.4, -0.2) is 41.3 Å². The Balaban J connectivity index is 1.16. The monoisotopic (exact) mass is 477 g/mol. The third-order valence-electron chi connectivity index (χ3n) is 5.18. The van der Waals surface area contributed by atoms with Crippen molar-refractivity contribution in [1.82, 2.24) is 15.0 Å². The van der Waals surface area contributed by atoms with Crippen molar-refractivity contribution >= 4 is 65.6 Å². The minimum Gasteiger partial charge on any atom is -0.382 e. The van der Waals surface area contributed by atoms with Gasteiger partial charge >= 0.3 is 0 Å². The lowest BCUT2D eigenvalue weighted by Crippen LogP contribution is -2.16. The molecule has 0 bridgehead atoms. The van der Waals surface area contributed by atoms with E-state index in [1.54, 1.807) is 6.20 Å². The van der Waals surface area contributed by atoms with E-state index in [1.807, 2.05) is 48.5 Å². The Morgan fingerprint density at radius 2 is 1.79 bits per heavy atom. The number of benzene rings is 2. The molecule has 0 aliphatic heterocycles. The lowest BCUT2D eigenvalue weighted by molar-refractivity contribution is 0.154. The average molecular weight is 478 g/mol. The quantitative estimate of drug-likeness (QED) is 0.241. The number of halogens is 1. The molecule has 166 valence electrons. The first kappa shape index (κ1) is 21.5. The molecule has 0 saturated heterocycles. The molecule has 9 heteroatoms. The van der Waals surface area contributed by atoms with Gasteiger partial charge in [-0.1, -0.05) is 23.7 Å². The van der Waals surface area contributed by atoms with E-state index < -0.39 is 0 Å². The second-order valence-electron chi connectivity index (χ2n) is 7.32. The predicted molar refractivity (Wildman–Crippen MR) is 136 cm³/mol. The predicted octanol–water partition coefficient (Wildman–Crippen LogP) is 4.95. The van der Waals surface area contributed by atoms with E-state index in [2.05, 4.69) is 25.6 Å². The molecule has 7 nitrogen and oxygen atoms in total. The van der Waals surface area contributed by atoms with Gasteiger partial charge in [0.2, 0.25) is 0 Å². The zero-order valence-electron chi connectivity index (χ0n) is 17.5. The maximum atomic E-state index is 13.0. The highest BCUT2D eigenvalue weighted by Crippen LogP contribution is 2.27. The largest absolute Gasteiger partial charge is 0.382 e. The summed E-state index contributed by atoms with van der Waals surface area (Å²) in [6.45, 7) is 2.19. The summed E-state index contributed by atoms with van der Waals surface area (Å²) in [5, 5.41) is 9.49. The third kappa shape index (κ3) is 4.59. The van der Waals surface area contributed by atoms with E-state index in [0.717, 1.165) is 31.9 Å². The van der Waals surface area contributed by atoms with E-state index in [4.69, 9.17) is 16.3 Å². The van der Waals surface area contributed by atoms with Gasteiger partial charge in [0.05, 0.1) is 29.8 Å². The Hall–Kier alpha value is -3.33. The molecule has 0 atom stereocenters. The SMILES string of the molecule is O=c1c2ccccc2sc2nccc(NCCOCCNc3ncnc4cc(Cl)ccc34)c12. The Morgan fingerprint density at radius 1 is 0.939 bits per heavy atom. The van der Waals surface area contributed by atoms with Crippen molar-refractivity contribution in [1.29, 1.82) is 0 Å². The fraction of sp³-hybridized carbons (Fsp3) is 0.167. The Labute approximate surface area is 198 Å². The summed E-state index contributed by atoms with van der Waals surface area (Å²) in [5.41, 5.74) is 1.57. The lowest BCUT2D eigenvalue weighted by atomic mass is 10.2. The van der Waals surface area contributed by atoms with Crippen LogP contribution in [-0.2, 0) is 4.74 Å². The molecular formula is C24H20ClN5O2S. The first-order valence-electron chi connectivity index (χ1n) is 10.5. The maximum absolute atomic E-state index is 13.0. The van der Waals surface area contributed by atoms with Crippen LogP contribution in [0.15, 0.2) is 65.8 Å². The second-order valence-corrected chi connectivity index (χ2v) is 8.78. The van der Waals surface area contributed by atoms with E-state index >= 15 is 0 Å². The highest BCUT2D eigenvalue weighted by molar-refractivity contribution is 7.24. The summed E-state index contributed by atoms with van der Waals surface area (Å²) in [6, 6.07) is 15.0.